The van der Waals surface area contributed by atoms with Crippen molar-refractivity contribution in [3.63, 3.8) is 0 Å². The maximum Gasteiger partial charge on any atom is 0.217 e. The van der Waals surface area contributed by atoms with Crippen molar-refractivity contribution in [3.8, 4) is 5.88 Å². The lowest BCUT2D eigenvalue weighted by Crippen LogP contribution is -2.21. The number of aromatic nitrogens is 1. The van der Waals surface area contributed by atoms with Crippen LogP contribution in [-0.2, 0) is 6.54 Å². The van der Waals surface area contributed by atoms with Crippen LogP contribution in [0.3, 0.4) is 0 Å². The number of hydrogen-bond donors (Lipinski definition) is 1. The zero-order valence-electron chi connectivity index (χ0n) is 8.89. The molecule has 0 aliphatic carbocycles. The van der Waals surface area contributed by atoms with Crippen molar-refractivity contribution in [1.82, 2.24) is 9.88 Å². The lowest BCUT2D eigenvalue weighted by molar-refractivity contribution is 0.174. The molecular formula is C11H16N2O2. The van der Waals surface area contributed by atoms with E-state index in [9.17, 15) is 5.11 Å². The minimum atomic E-state index is -0.173. The smallest absolute Gasteiger partial charge is 0.217 e. The minimum absolute atomic E-state index is 0.173. The van der Waals surface area contributed by atoms with Gasteiger partial charge in [-0.05, 0) is 12.5 Å². The van der Waals surface area contributed by atoms with Gasteiger partial charge in [-0.1, -0.05) is 6.07 Å². The number of hydrogen-bond acceptors (Lipinski definition) is 4. The molecule has 1 aliphatic rings. The standard InChI is InChI=1S/C11H16N2O2/c1-15-11-9(3-2-5-12-11)7-13-6-4-10(14)8-13/h2-3,5,10,14H,4,6-8H2,1H3. The number of β-amino-alcohol motifs (C(OH)–C–C–N with tert-alkyl or cyclic N) is 1. The number of methoxy groups -OCH3 is 1. The maximum absolute atomic E-state index is 9.42. The summed E-state index contributed by atoms with van der Waals surface area (Å²) in [7, 11) is 1.63. The molecule has 15 heavy (non-hydrogen) atoms. The van der Waals surface area contributed by atoms with Crippen LogP contribution in [0.15, 0.2) is 18.3 Å². The van der Waals surface area contributed by atoms with Crippen molar-refractivity contribution in [2.75, 3.05) is 20.2 Å². The molecule has 1 atom stereocenters. The third-order valence-corrected chi connectivity index (χ3v) is 2.68. The monoisotopic (exact) mass is 208 g/mol. The van der Waals surface area contributed by atoms with Crippen LogP contribution in [0.2, 0.25) is 0 Å². The van der Waals surface area contributed by atoms with Gasteiger partial charge in [-0.15, -0.1) is 0 Å². The van der Waals surface area contributed by atoms with Crippen molar-refractivity contribution in [2.24, 2.45) is 0 Å². The van der Waals surface area contributed by atoms with Gasteiger partial charge in [-0.2, -0.15) is 0 Å². The highest BCUT2D eigenvalue weighted by molar-refractivity contribution is 5.25. The molecule has 0 bridgehead atoms. The van der Waals surface area contributed by atoms with Crippen molar-refractivity contribution < 1.29 is 9.84 Å². The summed E-state index contributed by atoms with van der Waals surface area (Å²) in [6.07, 6.45) is 2.41. The first-order valence-electron chi connectivity index (χ1n) is 5.18. The Labute approximate surface area is 89.5 Å². The van der Waals surface area contributed by atoms with Gasteiger partial charge in [0.25, 0.3) is 0 Å². The lowest BCUT2D eigenvalue weighted by atomic mass is 10.2. The molecule has 0 aromatic carbocycles. The summed E-state index contributed by atoms with van der Waals surface area (Å²) in [6, 6.07) is 3.92. The largest absolute Gasteiger partial charge is 0.481 e. The molecule has 2 heterocycles. The summed E-state index contributed by atoms with van der Waals surface area (Å²) < 4.78 is 5.18. The summed E-state index contributed by atoms with van der Waals surface area (Å²) in [5, 5.41) is 9.42. The van der Waals surface area contributed by atoms with E-state index in [1.54, 1.807) is 13.3 Å². The highest BCUT2D eigenvalue weighted by atomic mass is 16.5. The number of nitrogens with zero attached hydrogens (tertiary/aromatic N) is 2. The average Bonchev–Trinajstić information content (AvgIpc) is 2.65. The lowest BCUT2D eigenvalue weighted by Gasteiger charge is -2.16. The van der Waals surface area contributed by atoms with E-state index < -0.39 is 0 Å². The fourth-order valence-electron chi connectivity index (χ4n) is 1.92. The Morgan fingerprint density at radius 3 is 3.20 bits per heavy atom. The van der Waals surface area contributed by atoms with Crippen LogP contribution in [0.1, 0.15) is 12.0 Å². The molecule has 1 fully saturated rings. The normalized spacial score (nSPS) is 21.9. The zero-order chi connectivity index (χ0) is 10.7. The Morgan fingerprint density at radius 1 is 1.67 bits per heavy atom. The van der Waals surface area contributed by atoms with E-state index in [0.717, 1.165) is 31.6 Å². The molecule has 1 saturated heterocycles. The minimum Gasteiger partial charge on any atom is -0.481 e. The van der Waals surface area contributed by atoms with Crippen molar-refractivity contribution in [3.05, 3.63) is 23.9 Å². The summed E-state index contributed by atoms with van der Waals surface area (Å²) in [4.78, 5) is 6.36. The summed E-state index contributed by atoms with van der Waals surface area (Å²) >= 11 is 0. The molecule has 0 saturated carbocycles. The Morgan fingerprint density at radius 2 is 2.53 bits per heavy atom. The van der Waals surface area contributed by atoms with Gasteiger partial charge >= 0.3 is 0 Å². The molecule has 1 aliphatic heterocycles. The Kier molecular flexibility index (Phi) is 3.18. The SMILES string of the molecule is COc1ncccc1CN1CCC(O)C1. The Bertz CT molecular complexity index is 330. The van der Waals surface area contributed by atoms with E-state index in [0.29, 0.717) is 5.88 Å². The summed E-state index contributed by atoms with van der Waals surface area (Å²) in [5.41, 5.74) is 1.08. The molecule has 0 spiro atoms. The Hall–Kier alpha value is -1.13. The molecule has 82 valence electrons. The predicted octanol–water partition coefficient (Wildman–Crippen LogP) is 0.657. The van der Waals surface area contributed by atoms with Crippen LogP contribution in [0.4, 0.5) is 0 Å². The fraction of sp³-hybridized carbons (Fsp3) is 0.545. The molecule has 2 rings (SSSR count). The molecule has 1 aromatic rings. The number of rotatable bonds is 3. The van der Waals surface area contributed by atoms with Crippen LogP contribution >= 0.6 is 0 Å². The van der Waals surface area contributed by atoms with Crippen LogP contribution in [-0.4, -0.2) is 41.3 Å². The first-order chi connectivity index (χ1) is 7.29. The van der Waals surface area contributed by atoms with Gasteiger partial charge in [0, 0.05) is 31.4 Å². The van der Waals surface area contributed by atoms with Crippen molar-refractivity contribution in [1.29, 1.82) is 0 Å². The second-order valence-corrected chi connectivity index (χ2v) is 3.85. The number of ether oxygens (including phenoxy) is 1. The zero-order valence-corrected chi connectivity index (χ0v) is 8.89. The van der Waals surface area contributed by atoms with Gasteiger partial charge in [0.05, 0.1) is 13.2 Å². The van der Waals surface area contributed by atoms with E-state index >= 15 is 0 Å². The van der Waals surface area contributed by atoms with Gasteiger partial charge in [-0.3, -0.25) is 4.90 Å². The molecule has 1 aromatic heterocycles. The molecule has 1 N–H and O–H groups in total. The van der Waals surface area contributed by atoms with Crippen LogP contribution in [0.25, 0.3) is 0 Å². The van der Waals surface area contributed by atoms with E-state index in [1.807, 2.05) is 12.1 Å². The van der Waals surface area contributed by atoms with Gasteiger partial charge in [0.15, 0.2) is 0 Å². The van der Waals surface area contributed by atoms with E-state index in [4.69, 9.17) is 4.74 Å². The first kappa shape index (κ1) is 10.4. The van der Waals surface area contributed by atoms with Gasteiger partial charge in [0.2, 0.25) is 5.88 Å². The third kappa shape index (κ3) is 2.46. The second kappa shape index (κ2) is 4.59. The molecule has 4 heteroatoms. The van der Waals surface area contributed by atoms with Gasteiger partial charge in [0.1, 0.15) is 0 Å². The summed E-state index contributed by atoms with van der Waals surface area (Å²) in [6.45, 7) is 2.49. The van der Waals surface area contributed by atoms with Gasteiger partial charge < -0.3 is 9.84 Å². The van der Waals surface area contributed by atoms with Crippen LogP contribution < -0.4 is 4.74 Å². The number of pyridine rings is 1. The number of aliphatic hydroxyl groups is 1. The van der Waals surface area contributed by atoms with Crippen molar-refractivity contribution in [2.45, 2.75) is 19.1 Å². The predicted molar refractivity (Wildman–Crippen MR) is 56.7 cm³/mol. The maximum atomic E-state index is 9.42. The fourth-order valence-corrected chi connectivity index (χ4v) is 1.92. The number of aliphatic hydroxyl groups excluding tert-OH is 1. The molecule has 4 nitrogen and oxygen atoms in total. The van der Waals surface area contributed by atoms with Crippen molar-refractivity contribution >= 4 is 0 Å². The third-order valence-electron chi connectivity index (χ3n) is 2.68. The van der Waals surface area contributed by atoms with Crippen LogP contribution in [0.5, 0.6) is 5.88 Å². The molecular weight excluding hydrogens is 192 g/mol. The first-order valence-corrected chi connectivity index (χ1v) is 5.18. The Balaban J connectivity index is 2.04. The van der Waals surface area contributed by atoms with E-state index in [1.165, 1.54) is 0 Å². The second-order valence-electron chi connectivity index (χ2n) is 3.85. The molecule has 1 unspecified atom stereocenters. The van der Waals surface area contributed by atoms with E-state index in [-0.39, 0.29) is 6.10 Å². The topological polar surface area (TPSA) is 45.6 Å². The number of likely N-dealkylation sites (tertiary alicyclic amines) is 1. The quantitative estimate of drug-likeness (QED) is 0.792. The molecule has 0 radical (unpaired) electrons. The van der Waals surface area contributed by atoms with E-state index in [2.05, 4.69) is 9.88 Å². The van der Waals surface area contributed by atoms with Crippen LogP contribution in [0, 0.1) is 0 Å². The molecule has 0 amide bonds. The average molecular weight is 208 g/mol. The highest BCUT2D eigenvalue weighted by Gasteiger charge is 2.21. The van der Waals surface area contributed by atoms with Gasteiger partial charge in [-0.25, -0.2) is 4.98 Å². The highest BCUT2D eigenvalue weighted by Crippen LogP contribution is 2.19. The summed E-state index contributed by atoms with van der Waals surface area (Å²) in [5.74, 6) is 0.680.